The molecule has 0 saturated carbocycles. The summed E-state index contributed by atoms with van der Waals surface area (Å²) in [7, 11) is 2.79. The molecule has 0 unspecified atom stereocenters. The maximum absolute atomic E-state index is 13.7. The second-order valence-electron chi connectivity index (χ2n) is 16.5. The lowest BCUT2D eigenvalue weighted by Crippen LogP contribution is -2.59. The molecule has 12 atom stereocenters. The first kappa shape index (κ1) is 48.3. The number of esters is 2. The Balaban J connectivity index is 1.92. The Morgan fingerprint density at radius 2 is 1.71 bits per heavy atom. The van der Waals surface area contributed by atoms with Gasteiger partial charge in [-0.15, -0.1) is 0 Å². The number of methoxy groups -OCH3 is 2. The van der Waals surface area contributed by atoms with E-state index in [0.717, 1.165) is 17.7 Å². The summed E-state index contributed by atoms with van der Waals surface area (Å²) in [5, 5.41) is 47.4. The Bertz CT molecular complexity index is 1670. The van der Waals surface area contributed by atoms with Crippen molar-refractivity contribution < 1.29 is 63.3 Å². The molecule has 1 saturated heterocycles. The molecule has 2 aliphatic heterocycles. The molecule has 1 amide bonds. The van der Waals surface area contributed by atoms with Crippen LogP contribution in [0, 0.1) is 35.5 Å². The van der Waals surface area contributed by atoms with Gasteiger partial charge in [0.25, 0.3) is 0 Å². The SMILES string of the molecule is CO/C1=C/C(C)=C/[C@@H](C)[C@H](O)[C@@H](C)C/C(C)=C/C=C/[C@H](OC)[C@@H]([C@@H](C)[C@@H](O)[C@H](C)[C@]2(O)C[C@H](OC(=O)/C=C/C(=O)NC3=C(O)CCC3=O)[C@@H](C)[C@H](C(C)C)O2)OC1=O. The number of nitrogens with one attached hydrogen (secondary N) is 1. The molecule has 14 nitrogen and oxygen atoms in total. The third-order valence-electron chi connectivity index (χ3n) is 11.5. The third-order valence-corrected chi connectivity index (χ3v) is 11.5. The molecule has 3 rings (SSSR count). The van der Waals surface area contributed by atoms with Crippen LogP contribution in [-0.4, -0.2) is 101 Å². The highest BCUT2D eigenvalue weighted by atomic mass is 16.6. The summed E-state index contributed by atoms with van der Waals surface area (Å²) in [6.07, 6.45) is 5.61. The minimum Gasteiger partial charge on any atom is -0.510 e. The van der Waals surface area contributed by atoms with Gasteiger partial charge >= 0.3 is 11.9 Å². The van der Waals surface area contributed by atoms with Gasteiger partial charge in [0, 0.05) is 62.2 Å². The van der Waals surface area contributed by atoms with Crippen LogP contribution in [0.25, 0.3) is 0 Å². The van der Waals surface area contributed by atoms with E-state index in [1.165, 1.54) is 20.3 Å². The zero-order valence-corrected chi connectivity index (χ0v) is 35.8. The number of amides is 1. The average Bonchev–Trinajstić information content (AvgIpc) is 3.48. The van der Waals surface area contributed by atoms with Crippen LogP contribution in [-0.2, 0) is 42.9 Å². The van der Waals surface area contributed by atoms with Gasteiger partial charge in [-0.3, -0.25) is 9.59 Å². The lowest BCUT2D eigenvalue weighted by Gasteiger charge is -2.50. The number of aliphatic hydroxyl groups is 4. The number of carbonyl (C=O) groups is 4. The standard InChI is InChI=1S/C44H65NO13/c1-23(2)41-28(7)35(56-37(49)18-17-36(48)45-38-31(46)15-16-32(38)47)22-44(53,58-41)30(9)40(51)29(8)42-33(54-10)14-12-13-24(3)19-26(5)39(50)27(6)20-25(4)21-34(55-11)43(52)57-42/h12-14,17-18,20-21,23,26-30,33,35,39-42,46,50-51,53H,15-16,19,22H2,1-11H3,(H,45,48)/b14-12+,18-17+,24-13+,25-20+,34-21+/t26-,27+,28+,29-,30-,33-,35-,39+,40+,41-,42+,44-/m0/s1. The second-order valence-corrected chi connectivity index (χ2v) is 16.5. The summed E-state index contributed by atoms with van der Waals surface area (Å²) in [6.45, 7) is 16.5. The van der Waals surface area contributed by atoms with Crippen molar-refractivity contribution in [2.75, 3.05) is 14.2 Å². The zero-order chi connectivity index (χ0) is 43.6. The number of rotatable bonds is 11. The van der Waals surface area contributed by atoms with Crippen LogP contribution in [0.4, 0.5) is 0 Å². The number of Topliss-reactive ketones (excluding diaryl/α,β-unsaturated/α-hetero) is 1. The molecule has 0 aromatic rings. The Hall–Kier alpha value is -4.08. The van der Waals surface area contributed by atoms with E-state index in [0.29, 0.717) is 12.0 Å². The quantitative estimate of drug-likeness (QED) is 0.137. The summed E-state index contributed by atoms with van der Waals surface area (Å²) in [5.74, 6) is -8.07. The number of aliphatic hydroxyl groups excluding tert-OH is 3. The Labute approximate surface area is 342 Å². The maximum Gasteiger partial charge on any atom is 0.373 e. The van der Waals surface area contributed by atoms with E-state index in [4.69, 9.17) is 23.7 Å². The van der Waals surface area contributed by atoms with Crippen molar-refractivity contribution in [1.82, 2.24) is 5.32 Å². The molecule has 0 spiro atoms. The lowest BCUT2D eigenvalue weighted by molar-refractivity contribution is -0.329. The smallest absolute Gasteiger partial charge is 0.373 e. The van der Waals surface area contributed by atoms with Gasteiger partial charge in [0.2, 0.25) is 11.7 Å². The summed E-state index contributed by atoms with van der Waals surface area (Å²) in [5.41, 5.74) is 1.48. The molecule has 1 aliphatic carbocycles. The lowest BCUT2D eigenvalue weighted by atomic mass is 9.76. The van der Waals surface area contributed by atoms with E-state index in [-0.39, 0.29) is 54.2 Å². The second kappa shape index (κ2) is 21.3. The Kier molecular flexibility index (Phi) is 17.7. The van der Waals surface area contributed by atoms with Gasteiger partial charge in [-0.2, -0.15) is 0 Å². The highest BCUT2D eigenvalue weighted by Gasteiger charge is 2.53. The van der Waals surface area contributed by atoms with Crippen molar-refractivity contribution in [3.05, 3.63) is 70.9 Å². The largest absolute Gasteiger partial charge is 0.510 e. The molecule has 5 N–H and O–H groups in total. The van der Waals surface area contributed by atoms with Gasteiger partial charge < -0.3 is 49.4 Å². The fraction of sp³-hybridized carbons (Fsp3) is 0.636. The first-order valence-corrected chi connectivity index (χ1v) is 20.1. The van der Waals surface area contributed by atoms with Crippen LogP contribution in [0.15, 0.2) is 70.9 Å². The molecule has 0 radical (unpaired) electrons. The van der Waals surface area contributed by atoms with E-state index >= 15 is 0 Å². The molecule has 14 heteroatoms. The molecule has 1 fully saturated rings. The summed E-state index contributed by atoms with van der Waals surface area (Å²) in [4.78, 5) is 51.1. The molecule has 2 heterocycles. The number of cyclic esters (lactones) is 1. The van der Waals surface area contributed by atoms with Crippen molar-refractivity contribution in [2.45, 2.75) is 130 Å². The van der Waals surface area contributed by atoms with Gasteiger partial charge in [0.15, 0.2) is 11.6 Å². The van der Waals surface area contributed by atoms with Crippen LogP contribution in [0.1, 0.15) is 88.0 Å². The first-order valence-electron chi connectivity index (χ1n) is 20.1. The Morgan fingerprint density at radius 3 is 2.29 bits per heavy atom. The van der Waals surface area contributed by atoms with Crippen molar-refractivity contribution >= 4 is 23.6 Å². The molecule has 58 heavy (non-hydrogen) atoms. The third kappa shape index (κ3) is 12.5. The van der Waals surface area contributed by atoms with Crippen LogP contribution < -0.4 is 5.32 Å². The maximum atomic E-state index is 13.7. The number of carbonyl (C=O) groups excluding carboxylic acids is 4. The van der Waals surface area contributed by atoms with Gasteiger partial charge in [-0.1, -0.05) is 83.9 Å². The van der Waals surface area contributed by atoms with Gasteiger partial charge in [0.05, 0.1) is 25.4 Å². The number of ketones is 1. The van der Waals surface area contributed by atoms with Crippen LogP contribution >= 0.6 is 0 Å². The monoisotopic (exact) mass is 815 g/mol. The predicted octanol–water partition coefficient (Wildman–Crippen LogP) is 5.05. The van der Waals surface area contributed by atoms with E-state index in [9.17, 15) is 39.6 Å². The predicted molar refractivity (Wildman–Crippen MR) is 215 cm³/mol. The molecular weight excluding hydrogens is 750 g/mol. The van der Waals surface area contributed by atoms with Crippen molar-refractivity contribution in [2.24, 2.45) is 35.5 Å². The highest BCUT2D eigenvalue weighted by molar-refractivity contribution is 6.04. The summed E-state index contributed by atoms with van der Waals surface area (Å²) >= 11 is 0. The molecule has 3 aliphatic rings. The fourth-order valence-electron chi connectivity index (χ4n) is 7.95. The van der Waals surface area contributed by atoms with Crippen LogP contribution in [0.3, 0.4) is 0 Å². The minimum atomic E-state index is -2.04. The van der Waals surface area contributed by atoms with Gasteiger partial charge in [-0.25, -0.2) is 9.59 Å². The van der Waals surface area contributed by atoms with E-state index < -0.39 is 83.8 Å². The number of hydrogen-bond donors (Lipinski definition) is 5. The number of ether oxygens (including phenoxy) is 5. The van der Waals surface area contributed by atoms with Crippen molar-refractivity contribution in [3.63, 3.8) is 0 Å². The number of hydrogen-bond acceptors (Lipinski definition) is 13. The van der Waals surface area contributed by atoms with E-state index in [1.807, 2.05) is 53.7 Å². The fourth-order valence-corrected chi connectivity index (χ4v) is 7.95. The Morgan fingerprint density at radius 1 is 1.03 bits per heavy atom. The topological polar surface area (TPSA) is 207 Å². The molecule has 0 aromatic heterocycles. The van der Waals surface area contributed by atoms with Crippen molar-refractivity contribution in [3.8, 4) is 0 Å². The zero-order valence-electron chi connectivity index (χ0n) is 35.8. The summed E-state index contributed by atoms with van der Waals surface area (Å²) in [6, 6.07) is 0. The van der Waals surface area contributed by atoms with E-state index in [2.05, 4.69) is 5.32 Å². The molecule has 324 valence electrons. The van der Waals surface area contributed by atoms with Gasteiger partial charge in [-0.05, 0) is 38.2 Å². The van der Waals surface area contributed by atoms with Crippen LogP contribution in [0.2, 0.25) is 0 Å². The van der Waals surface area contributed by atoms with Gasteiger partial charge in [0.1, 0.15) is 29.8 Å². The molecule has 0 bridgehead atoms. The van der Waals surface area contributed by atoms with Crippen LogP contribution in [0.5, 0.6) is 0 Å². The first-order chi connectivity index (χ1) is 27.1. The minimum absolute atomic E-state index is 0.0594. The molecular formula is C44H65NO13. The van der Waals surface area contributed by atoms with E-state index in [1.54, 1.807) is 32.9 Å². The normalized spacial score (nSPS) is 35.5. The number of allylic oxidation sites excluding steroid dienone is 7. The molecule has 0 aromatic carbocycles. The average molecular weight is 816 g/mol. The van der Waals surface area contributed by atoms with Crippen molar-refractivity contribution in [1.29, 1.82) is 0 Å². The summed E-state index contributed by atoms with van der Waals surface area (Å²) < 4.78 is 29.5. The highest BCUT2D eigenvalue weighted by Crippen LogP contribution is 2.42.